The molecule has 17 heavy (non-hydrogen) atoms. The predicted octanol–water partition coefficient (Wildman–Crippen LogP) is -1.09. The molecule has 2 rings (SSSR count). The van der Waals surface area contributed by atoms with Gasteiger partial charge in [-0.1, -0.05) is 0 Å². The van der Waals surface area contributed by atoms with Gasteiger partial charge in [0.05, 0.1) is 17.4 Å². The zero-order chi connectivity index (χ0) is 12.6. The first-order valence-electron chi connectivity index (χ1n) is 5.82. The Kier molecular flexibility index (Phi) is 3.42. The molecule has 0 saturated carbocycles. The van der Waals surface area contributed by atoms with Crippen LogP contribution in [0.15, 0.2) is 0 Å². The summed E-state index contributed by atoms with van der Waals surface area (Å²) in [6.45, 7) is 1.26. The smallest absolute Gasteiger partial charge is 0.306 e. The van der Waals surface area contributed by atoms with Crippen LogP contribution in [0.1, 0.15) is 12.8 Å². The summed E-state index contributed by atoms with van der Waals surface area (Å²) in [6, 6.07) is -0.462. The highest BCUT2D eigenvalue weighted by molar-refractivity contribution is 7.91. The summed E-state index contributed by atoms with van der Waals surface area (Å²) >= 11 is 0. The molecule has 0 bridgehead atoms. The van der Waals surface area contributed by atoms with E-state index in [-0.39, 0.29) is 29.5 Å². The van der Waals surface area contributed by atoms with Gasteiger partial charge in [0.2, 0.25) is 0 Å². The summed E-state index contributed by atoms with van der Waals surface area (Å²) in [4.78, 5) is 12.8. The van der Waals surface area contributed by atoms with E-state index in [0.717, 1.165) is 0 Å². The van der Waals surface area contributed by atoms with Crippen LogP contribution in [0.2, 0.25) is 0 Å². The average Bonchev–Trinajstić information content (AvgIpc) is 2.52. The van der Waals surface area contributed by atoms with E-state index in [1.807, 2.05) is 4.90 Å². The van der Waals surface area contributed by atoms with Crippen molar-refractivity contribution in [3.8, 4) is 0 Å². The fraction of sp³-hybridized carbons (Fsp3) is 0.900. The second-order valence-corrected chi connectivity index (χ2v) is 7.11. The molecule has 2 unspecified atom stereocenters. The maximum Gasteiger partial charge on any atom is 0.306 e. The Hall–Kier alpha value is -0.660. The van der Waals surface area contributed by atoms with Crippen molar-refractivity contribution < 1.29 is 18.3 Å². The Morgan fingerprint density at radius 3 is 2.24 bits per heavy atom. The number of carboxylic acid groups (broad SMARTS) is 1. The highest BCUT2D eigenvalue weighted by Crippen LogP contribution is 2.24. The van der Waals surface area contributed by atoms with E-state index >= 15 is 0 Å². The lowest BCUT2D eigenvalue weighted by atomic mass is 9.95. The highest BCUT2D eigenvalue weighted by atomic mass is 32.2. The molecule has 2 saturated heterocycles. The third-order valence-corrected chi connectivity index (χ3v) is 5.46. The van der Waals surface area contributed by atoms with Gasteiger partial charge in [0, 0.05) is 12.1 Å². The van der Waals surface area contributed by atoms with Gasteiger partial charge in [-0.15, -0.1) is 0 Å². The fourth-order valence-electron chi connectivity index (χ4n) is 2.71. The predicted molar refractivity (Wildman–Crippen MR) is 62.4 cm³/mol. The monoisotopic (exact) mass is 262 g/mol. The molecule has 0 aromatic carbocycles. The van der Waals surface area contributed by atoms with Crippen molar-refractivity contribution in [1.82, 2.24) is 4.90 Å². The first-order chi connectivity index (χ1) is 7.89. The molecule has 98 valence electrons. The van der Waals surface area contributed by atoms with Crippen LogP contribution in [0.5, 0.6) is 0 Å². The van der Waals surface area contributed by atoms with Crippen LogP contribution in [-0.4, -0.2) is 61.1 Å². The number of sulfone groups is 1. The number of carbonyl (C=O) groups is 1. The molecule has 0 aromatic rings. The number of piperidine rings is 1. The number of carboxylic acids is 1. The zero-order valence-electron chi connectivity index (χ0n) is 9.58. The third kappa shape index (κ3) is 2.78. The van der Waals surface area contributed by atoms with Crippen molar-refractivity contribution in [2.45, 2.75) is 24.9 Å². The van der Waals surface area contributed by atoms with Gasteiger partial charge in [0.15, 0.2) is 9.84 Å². The molecule has 2 aliphatic heterocycles. The Morgan fingerprint density at radius 1 is 1.24 bits per heavy atom. The first kappa shape index (κ1) is 12.8. The van der Waals surface area contributed by atoms with Gasteiger partial charge in [-0.2, -0.15) is 0 Å². The summed E-state index contributed by atoms with van der Waals surface area (Å²) in [5.41, 5.74) is 5.84. The van der Waals surface area contributed by atoms with Crippen molar-refractivity contribution in [1.29, 1.82) is 0 Å². The molecule has 0 aromatic heterocycles. The van der Waals surface area contributed by atoms with Gasteiger partial charge in [-0.25, -0.2) is 8.42 Å². The maximum absolute atomic E-state index is 11.5. The normalized spacial score (nSPS) is 34.9. The number of hydrogen-bond acceptors (Lipinski definition) is 5. The third-order valence-electron chi connectivity index (χ3n) is 3.71. The topological polar surface area (TPSA) is 101 Å². The standard InChI is InChI=1S/C10H18N2O4S/c11-8-5-17(15,16)6-9(8)12-3-1-7(2-4-12)10(13)14/h7-9H,1-6,11H2,(H,13,14). The summed E-state index contributed by atoms with van der Waals surface area (Å²) in [5, 5.41) is 8.89. The van der Waals surface area contributed by atoms with E-state index in [1.54, 1.807) is 0 Å². The molecular formula is C10H18N2O4S. The van der Waals surface area contributed by atoms with Gasteiger partial charge >= 0.3 is 5.97 Å². The molecule has 2 heterocycles. The molecular weight excluding hydrogens is 244 g/mol. The Labute approximate surface area is 101 Å². The highest BCUT2D eigenvalue weighted by Gasteiger charge is 2.40. The van der Waals surface area contributed by atoms with Crippen molar-refractivity contribution in [3.05, 3.63) is 0 Å². The molecule has 3 N–H and O–H groups in total. The van der Waals surface area contributed by atoms with Crippen molar-refractivity contribution >= 4 is 15.8 Å². The molecule has 0 amide bonds. The number of nitrogens with zero attached hydrogens (tertiary/aromatic N) is 1. The zero-order valence-corrected chi connectivity index (χ0v) is 10.4. The molecule has 2 fully saturated rings. The van der Waals surface area contributed by atoms with Crippen LogP contribution in [0, 0.1) is 5.92 Å². The summed E-state index contributed by atoms with van der Waals surface area (Å²) < 4.78 is 22.9. The van der Waals surface area contributed by atoms with E-state index in [4.69, 9.17) is 10.8 Å². The van der Waals surface area contributed by atoms with Crippen LogP contribution in [0.4, 0.5) is 0 Å². The maximum atomic E-state index is 11.5. The van der Waals surface area contributed by atoms with Crippen LogP contribution in [0.3, 0.4) is 0 Å². The summed E-state index contributed by atoms with van der Waals surface area (Å²) in [5.74, 6) is -0.879. The minimum Gasteiger partial charge on any atom is -0.481 e. The molecule has 0 spiro atoms. The Balaban J connectivity index is 1.96. The quantitative estimate of drug-likeness (QED) is 0.655. The molecule has 0 aliphatic carbocycles. The summed E-state index contributed by atoms with van der Waals surface area (Å²) in [7, 11) is -3.01. The Morgan fingerprint density at radius 2 is 1.82 bits per heavy atom. The van der Waals surface area contributed by atoms with Crippen LogP contribution in [0.25, 0.3) is 0 Å². The molecule has 6 nitrogen and oxygen atoms in total. The molecule has 7 heteroatoms. The van der Waals surface area contributed by atoms with Gasteiger partial charge in [-0.05, 0) is 25.9 Å². The molecule has 0 radical (unpaired) electrons. The minimum absolute atomic E-state index is 0.0521. The SMILES string of the molecule is NC1CS(=O)(=O)CC1N1CCC(C(=O)O)CC1. The van der Waals surface area contributed by atoms with Crippen molar-refractivity contribution in [2.24, 2.45) is 11.7 Å². The molecule has 2 aliphatic rings. The summed E-state index contributed by atoms with van der Waals surface area (Å²) in [6.07, 6.45) is 1.16. The number of likely N-dealkylation sites (tertiary alicyclic amines) is 1. The molecule has 2 atom stereocenters. The van der Waals surface area contributed by atoms with E-state index in [2.05, 4.69) is 0 Å². The van der Waals surface area contributed by atoms with Gasteiger partial charge in [0.1, 0.15) is 0 Å². The van der Waals surface area contributed by atoms with Gasteiger partial charge < -0.3 is 10.8 Å². The lowest BCUT2D eigenvalue weighted by molar-refractivity contribution is -0.143. The van der Waals surface area contributed by atoms with Crippen LogP contribution >= 0.6 is 0 Å². The van der Waals surface area contributed by atoms with E-state index in [0.29, 0.717) is 25.9 Å². The second kappa shape index (κ2) is 4.55. The first-order valence-corrected chi connectivity index (χ1v) is 7.64. The van der Waals surface area contributed by atoms with Crippen LogP contribution < -0.4 is 5.73 Å². The lowest BCUT2D eigenvalue weighted by Crippen LogP contribution is -2.50. The number of aliphatic carboxylic acids is 1. The second-order valence-electron chi connectivity index (χ2n) is 4.96. The average molecular weight is 262 g/mol. The van der Waals surface area contributed by atoms with E-state index < -0.39 is 15.8 Å². The number of nitrogens with two attached hydrogens (primary N) is 1. The number of rotatable bonds is 2. The van der Waals surface area contributed by atoms with Gasteiger partial charge in [0.25, 0.3) is 0 Å². The van der Waals surface area contributed by atoms with E-state index in [1.165, 1.54) is 0 Å². The number of hydrogen-bond donors (Lipinski definition) is 2. The lowest BCUT2D eigenvalue weighted by Gasteiger charge is -2.35. The fourth-order valence-corrected chi connectivity index (χ4v) is 4.63. The van der Waals surface area contributed by atoms with E-state index in [9.17, 15) is 13.2 Å². The Bertz CT molecular complexity index is 401. The van der Waals surface area contributed by atoms with Gasteiger partial charge in [-0.3, -0.25) is 9.69 Å². The largest absolute Gasteiger partial charge is 0.481 e. The van der Waals surface area contributed by atoms with Crippen molar-refractivity contribution in [2.75, 3.05) is 24.6 Å². The van der Waals surface area contributed by atoms with Crippen molar-refractivity contribution in [3.63, 3.8) is 0 Å². The van der Waals surface area contributed by atoms with Crippen LogP contribution in [-0.2, 0) is 14.6 Å². The minimum atomic E-state index is -3.01.